The highest BCUT2D eigenvalue weighted by atomic mass is 79.9. The first kappa shape index (κ1) is 21.4. The van der Waals surface area contributed by atoms with Crippen LogP contribution in [-0.2, 0) is 4.74 Å². The molecular formula is C26H19BrFO2P. The van der Waals surface area contributed by atoms with Crippen molar-refractivity contribution < 1.29 is 30.9 Å². The van der Waals surface area contributed by atoms with Gasteiger partial charge in [-0.3, -0.25) is 0 Å². The Hall–Kier alpha value is -2.81. The van der Waals surface area contributed by atoms with Gasteiger partial charge in [-0.1, -0.05) is 66.7 Å². The van der Waals surface area contributed by atoms with Crippen LogP contribution in [0.25, 0.3) is 0 Å². The molecule has 0 saturated heterocycles. The van der Waals surface area contributed by atoms with Gasteiger partial charge in [-0.15, -0.1) is 0 Å². The summed E-state index contributed by atoms with van der Waals surface area (Å²) < 4.78 is 20.6. The zero-order valence-corrected chi connectivity index (χ0v) is 19.0. The molecule has 0 amide bonds. The van der Waals surface area contributed by atoms with Gasteiger partial charge in [-0.2, -0.15) is 0 Å². The third kappa shape index (κ3) is 3.40. The highest BCUT2D eigenvalue weighted by Crippen LogP contribution is 2.69. The van der Waals surface area contributed by atoms with Crippen molar-refractivity contribution in [3.8, 4) is 0 Å². The Balaban J connectivity index is 0.00000231. The second-order valence-corrected chi connectivity index (χ2v) is 10.7. The maximum absolute atomic E-state index is 14.6. The number of carbonyl (C=O) groups excluding carboxylic acids is 1. The number of fused-ring (bicyclic) bond motifs is 1. The summed E-state index contributed by atoms with van der Waals surface area (Å²) >= 11 is 0. The van der Waals surface area contributed by atoms with Crippen molar-refractivity contribution >= 4 is 29.1 Å². The van der Waals surface area contributed by atoms with Crippen LogP contribution >= 0.6 is 7.26 Å². The van der Waals surface area contributed by atoms with Gasteiger partial charge >= 0.3 is 5.97 Å². The summed E-state index contributed by atoms with van der Waals surface area (Å²) in [5.74, 6) is -1.73. The summed E-state index contributed by atoms with van der Waals surface area (Å²) in [4.78, 5) is 12.8. The third-order valence-electron chi connectivity index (χ3n) is 5.58. The van der Waals surface area contributed by atoms with Crippen LogP contribution in [0.1, 0.15) is 21.8 Å². The molecule has 2 nitrogen and oxygen atoms in total. The van der Waals surface area contributed by atoms with E-state index < -0.39 is 24.9 Å². The fourth-order valence-electron chi connectivity index (χ4n) is 4.32. The van der Waals surface area contributed by atoms with E-state index in [1.165, 1.54) is 6.07 Å². The molecule has 0 bridgehead atoms. The average molecular weight is 493 g/mol. The van der Waals surface area contributed by atoms with E-state index in [0.717, 1.165) is 15.9 Å². The largest absolute Gasteiger partial charge is 1.00 e. The molecule has 1 unspecified atom stereocenters. The minimum atomic E-state index is -2.50. The Kier molecular flexibility index (Phi) is 6.04. The third-order valence-corrected chi connectivity index (χ3v) is 10.0. The van der Waals surface area contributed by atoms with E-state index in [-0.39, 0.29) is 22.5 Å². The van der Waals surface area contributed by atoms with Crippen LogP contribution in [0.4, 0.5) is 4.39 Å². The first-order valence-corrected chi connectivity index (χ1v) is 11.6. The van der Waals surface area contributed by atoms with Crippen LogP contribution in [0.5, 0.6) is 0 Å². The number of benzene rings is 4. The van der Waals surface area contributed by atoms with Gasteiger partial charge in [0.25, 0.3) is 0 Å². The molecule has 0 spiro atoms. The molecule has 0 aliphatic carbocycles. The predicted octanol–water partition coefficient (Wildman–Crippen LogP) is 1.99. The Bertz CT molecular complexity index is 1100. The van der Waals surface area contributed by atoms with E-state index in [0.29, 0.717) is 5.56 Å². The van der Waals surface area contributed by atoms with E-state index in [4.69, 9.17) is 4.74 Å². The van der Waals surface area contributed by atoms with Gasteiger partial charge in [-0.25, -0.2) is 9.18 Å². The highest BCUT2D eigenvalue weighted by Gasteiger charge is 2.59. The normalized spacial score (nSPS) is 15.0. The Morgan fingerprint density at radius 1 is 0.645 bits per heavy atom. The van der Waals surface area contributed by atoms with E-state index in [2.05, 4.69) is 36.4 Å². The first-order valence-electron chi connectivity index (χ1n) is 9.78. The molecule has 4 aromatic carbocycles. The molecule has 0 N–H and O–H groups in total. The van der Waals surface area contributed by atoms with Gasteiger partial charge in [0.15, 0.2) is 7.26 Å². The highest BCUT2D eigenvalue weighted by molar-refractivity contribution is 7.95. The van der Waals surface area contributed by atoms with Crippen LogP contribution < -0.4 is 32.9 Å². The SMILES string of the molecule is O=C1OC([P+](c2ccccc2)(c2ccccc2)c2ccccc2)c2cccc(F)c21.[Br-]. The molecular weight excluding hydrogens is 474 g/mol. The van der Waals surface area contributed by atoms with Gasteiger partial charge in [0.2, 0.25) is 5.85 Å². The van der Waals surface area contributed by atoms with Gasteiger partial charge in [0.1, 0.15) is 27.3 Å². The summed E-state index contributed by atoms with van der Waals surface area (Å²) in [6.07, 6.45) is 0. The van der Waals surface area contributed by atoms with Crippen LogP contribution in [0.15, 0.2) is 109 Å². The lowest BCUT2D eigenvalue weighted by molar-refractivity contribution is -0.0000244. The number of esters is 1. The number of cyclic esters (lactones) is 1. The fraction of sp³-hybridized carbons (Fsp3) is 0.0385. The quantitative estimate of drug-likeness (QED) is 0.321. The lowest BCUT2D eigenvalue weighted by Crippen LogP contribution is -3.00. The average Bonchev–Trinajstić information content (AvgIpc) is 3.15. The van der Waals surface area contributed by atoms with Crippen LogP contribution in [0, 0.1) is 5.82 Å². The van der Waals surface area contributed by atoms with Crippen LogP contribution in [-0.4, -0.2) is 5.97 Å². The van der Waals surface area contributed by atoms with Crippen LogP contribution in [0.2, 0.25) is 0 Å². The molecule has 154 valence electrons. The number of carbonyl (C=O) groups is 1. The maximum Gasteiger partial charge on any atom is 0.345 e. The molecule has 31 heavy (non-hydrogen) atoms. The van der Waals surface area contributed by atoms with Gasteiger partial charge in [-0.05, 0) is 42.5 Å². The summed E-state index contributed by atoms with van der Waals surface area (Å²) in [5, 5.41) is 3.24. The predicted molar refractivity (Wildman–Crippen MR) is 120 cm³/mol. The Labute approximate surface area is 191 Å². The van der Waals surface area contributed by atoms with Gasteiger partial charge in [0, 0.05) is 0 Å². The molecule has 5 rings (SSSR count). The first-order chi connectivity index (χ1) is 14.7. The lowest BCUT2D eigenvalue weighted by atomic mass is 10.1. The molecule has 0 fully saturated rings. The molecule has 4 aromatic rings. The number of hydrogen-bond acceptors (Lipinski definition) is 2. The minimum absolute atomic E-state index is 0. The molecule has 1 aliphatic rings. The number of hydrogen-bond donors (Lipinski definition) is 0. The molecule has 0 aromatic heterocycles. The molecule has 0 saturated carbocycles. The van der Waals surface area contributed by atoms with Crippen molar-refractivity contribution in [2.75, 3.05) is 0 Å². The Morgan fingerprint density at radius 3 is 1.55 bits per heavy atom. The van der Waals surface area contributed by atoms with E-state index in [1.54, 1.807) is 6.07 Å². The minimum Gasteiger partial charge on any atom is -1.00 e. The monoisotopic (exact) mass is 492 g/mol. The van der Waals surface area contributed by atoms with E-state index in [9.17, 15) is 9.18 Å². The maximum atomic E-state index is 14.6. The number of halogens is 2. The zero-order valence-electron chi connectivity index (χ0n) is 16.5. The smallest absolute Gasteiger partial charge is 0.345 e. The van der Waals surface area contributed by atoms with E-state index >= 15 is 0 Å². The standard InChI is InChI=1S/C26H19FO2P.BrH/c27-23-18-10-17-22-24(23)25(28)29-26(22)30(19-11-4-1-5-12-19,20-13-6-2-7-14-20)21-15-8-3-9-16-21;/h1-18,26H;1H/q+1;/p-1. The molecule has 1 heterocycles. The zero-order chi connectivity index (χ0) is 20.6. The van der Waals surface area contributed by atoms with Crippen molar-refractivity contribution in [3.05, 3.63) is 126 Å². The summed E-state index contributed by atoms with van der Waals surface area (Å²) in [5.41, 5.74) is 0.666. The van der Waals surface area contributed by atoms with E-state index in [1.807, 2.05) is 60.7 Å². The number of ether oxygens (including phenoxy) is 1. The summed E-state index contributed by atoms with van der Waals surface area (Å²) in [6, 6.07) is 35.2. The topological polar surface area (TPSA) is 26.3 Å². The molecule has 1 aliphatic heterocycles. The number of rotatable bonds is 4. The van der Waals surface area contributed by atoms with Gasteiger partial charge < -0.3 is 21.7 Å². The van der Waals surface area contributed by atoms with Crippen molar-refractivity contribution in [2.45, 2.75) is 5.85 Å². The summed E-state index contributed by atoms with van der Waals surface area (Å²) in [6.45, 7) is 0. The van der Waals surface area contributed by atoms with Crippen molar-refractivity contribution in [1.29, 1.82) is 0 Å². The molecule has 5 heteroatoms. The van der Waals surface area contributed by atoms with Crippen molar-refractivity contribution in [3.63, 3.8) is 0 Å². The van der Waals surface area contributed by atoms with Crippen molar-refractivity contribution in [2.24, 2.45) is 0 Å². The van der Waals surface area contributed by atoms with Crippen molar-refractivity contribution in [1.82, 2.24) is 0 Å². The Morgan fingerprint density at radius 2 is 1.10 bits per heavy atom. The molecule has 0 radical (unpaired) electrons. The second kappa shape index (κ2) is 8.74. The van der Waals surface area contributed by atoms with Gasteiger partial charge in [0.05, 0.1) is 5.56 Å². The summed E-state index contributed by atoms with van der Waals surface area (Å²) in [7, 11) is -2.50. The fourth-order valence-corrected chi connectivity index (χ4v) is 8.84. The lowest BCUT2D eigenvalue weighted by Gasteiger charge is -2.31. The second-order valence-electron chi connectivity index (χ2n) is 7.19. The molecule has 1 atom stereocenters. The van der Waals surface area contributed by atoms with Crippen LogP contribution in [0.3, 0.4) is 0 Å².